The van der Waals surface area contributed by atoms with Crippen LogP contribution in [0.2, 0.25) is 0 Å². The molecule has 212 valence electrons. The lowest BCUT2D eigenvalue weighted by molar-refractivity contribution is -0.126. The van der Waals surface area contributed by atoms with Crippen LogP contribution >= 0.6 is 0 Å². The van der Waals surface area contributed by atoms with Gasteiger partial charge in [0.25, 0.3) is 0 Å². The van der Waals surface area contributed by atoms with Crippen LogP contribution in [0.5, 0.6) is 5.75 Å². The molecule has 0 bridgehead atoms. The maximum atomic E-state index is 13.9. The van der Waals surface area contributed by atoms with Crippen molar-refractivity contribution in [2.75, 3.05) is 13.1 Å². The van der Waals surface area contributed by atoms with E-state index in [9.17, 15) is 23.5 Å². The van der Waals surface area contributed by atoms with E-state index in [0.717, 1.165) is 18.1 Å². The molecule has 1 aliphatic rings. The van der Waals surface area contributed by atoms with Gasteiger partial charge in [-0.3, -0.25) is 9.69 Å². The predicted molar refractivity (Wildman–Crippen MR) is 148 cm³/mol. The number of aliphatic hydroxyl groups is 1. The van der Waals surface area contributed by atoms with Crippen LogP contribution in [-0.2, 0) is 24.2 Å². The number of hydrogen-bond acceptors (Lipinski definition) is 5. The first-order valence-electron chi connectivity index (χ1n) is 13.6. The summed E-state index contributed by atoms with van der Waals surface area (Å²) in [6.45, 7) is 3.06. The zero-order valence-electron chi connectivity index (χ0n) is 22.5. The quantitative estimate of drug-likeness (QED) is 0.329. The molecule has 9 heteroatoms. The Morgan fingerprint density at radius 3 is 2.45 bits per heavy atom. The molecule has 1 fully saturated rings. The molecule has 0 radical (unpaired) electrons. The summed E-state index contributed by atoms with van der Waals surface area (Å²) in [6, 6.07) is 18.1. The molecule has 3 atom stereocenters. The minimum absolute atomic E-state index is 0.00420. The van der Waals surface area contributed by atoms with E-state index in [4.69, 9.17) is 4.74 Å². The summed E-state index contributed by atoms with van der Waals surface area (Å²) in [7, 11) is 0. The number of aryl methyl sites for hydroxylation is 1. The Labute approximate surface area is 233 Å². The van der Waals surface area contributed by atoms with Crippen LogP contribution in [-0.4, -0.2) is 53.3 Å². The predicted octanol–water partition coefficient (Wildman–Crippen LogP) is 4.37. The molecule has 1 saturated heterocycles. The minimum atomic E-state index is -1.07. The van der Waals surface area contributed by atoms with Crippen LogP contribution in [0, 0.1) is 11.6 Å². The molecule has 4 rings (SSSR count). The van der Waals surface area contributed by atoms with Crippen molar-refractivity contribution in [1.29, 1.82) is 0 Å². The number of benzene rings is 3. The molecule has 1 aliphatic heterocycles. The number of amides is 2. The van der Waals surface area contributed by atoms with E-state index in [1.165, 1.54) is 22.6 Å². The minimum Gasteiger partial charge on any atom is -0.410 e. The van der Waals surface area contributed by atoms with Gasteiger partial charge in [0.1, 0.15) is 23.4 Å². The van der Waals surface area contributed by atoms with E-state index in [1.807, 2.05) is 18.2 Å². The van der Waals surface area contributed by atoms with E-state index >= 15 is 0 Å². The van der Waals surface area contributed by atoms with E-state index in [-0.39, 0.29) is 13.0 Å². The van der Waals surface area contributed by atoms with E-state index < -0.39 is 41.8 Å². The molecule has 7 nitrogen and oxygen atoms in total. The maximum Gasteiger partial charge on any atom is 0.415 e. The number of ether oxygens (including phenoxy) is 1. The molecule has 3 aromatic rings. The second-order valence-electron chi connectivity index (χ2n) is 10.0. The Balaban J connectivity index is 1.43. The molecular weight excluding hydrogens is 516 g/mol. The third-order valence-corrected chi connectivity index (χ3v) is 6.99. The van der Waals surface area contributed by atoms with Crippen molar-refractivity contribution < 1.29 is 28.2 Å². The van der Waals surface area contributed by atoms with Crippen molar-refractivity contribution in [3.63, 3.8) is 0 Å². The first kappa shape index (κ1) is 29.2. The zero-order valence-corrected chi connectivity index (χ0v) is 22.5. The van der Waals surface area contributed by atoms with Gasteiger partial charge in [-0.15, -0.1) is 0 Å². The first-order valence-corrected chi connectivity index (χ1v) is 13.6. The van der Waals surface area contributed by atoms with E-state index in [0.29, 0.717) is 37.2 Å². The summed E-state index contributed by atoms with van der Waals surface area (Å²) in [4.78, 5) is 27.6. The van der Waals surface area contributed by atoms with Gasteiger partial charge in [0.05, 0.1) is 12.1 Å². The third-order valence-electron chi connectivity index (χ3n) is 6.99. The summed E-state index contributed by atoms with van der Waals surface area (Å²) < 4.78 is 33.2. The van der Waals surface area contributed by atoms with Gasteiger partial charge in [0.15, 0.2) is 0 Å². The molecular formula is C31H35F2N3O4. The largest absolute Gasteiger partial charge is 0.415 e. The number of likely N-dealkylation sites (tertiary alicyclic amines) is 1. The highest BCUT2D eigenvalue weighted by Crippen LogP contribution is 2.21. The fraction of sp³-hybridized carbons (Fsp3) is 0.355. The molecule has 0 spiro atoms. The lowest BCUT2D eigenvalue weighted by Gasteiger charge is -2.29. The second kappa shape index (κ2) is 14.0. The van der Waals surface area contributed by atoms with Crippen LogP contribution in [0.25, 0.3) is 0 Å². The molecule has 40 heavy (non-hydrogen) atoms. The highest BCUT2D eigenvalue weighted by Gasteiger charge is 2.37. The molecule has 3 aromatic carbocycles. The summed E-state index contributed by atoms with van der Waals surface area (Å²) in [5.41, 5.74) is 2.55. The smallest absolute Gasteiger partial charge is 0.410 e. The lowest BCUT2D eigenvalue weighted by Crippen LogP contribution is -2.54. The number of para-hydroxylation sites is 1. The average Bonchev–Trinajstić information content (AvgIpc) is 3.43. The van der Waals surface area contributed by atoms with Crippen LogP contribution in [0.3, 0.4) is 0 Å². The normalized spacial score (nSPS) is 16.4. The molecule has 2 amide bonds. The van der Waals surface area contributed by atoms with Crippen LogP contribution < -0.4 is 15.4 Å². The lowest BCUT2D eigenvalue weighted by atomic mass is 9.99. The highest BCUT2D eigenvalue weighted by atomic mass is 19.1. The number of carbonyl (C=O) groups is 2. The molecule has 0 saturated carbocycles. The third kappa shape index (κ3) is 8.09. The zero-order chi connectivity index (χ0) is 28.5. The maximum absolute atomic E-state index is 13.9. The second-order valence-corrected chi connectivity index (χ2v) is 10.0. The molecule has 3 N–H and O–H groups in total. The average molecular weight is 552 g/mol. The van der Waals surface area contributed by atoms with E-state index in [2.05, 4.69) is 23.6 Å². The van der Waals surface area contributed by atoms with Crippen molar-refractivity contribution in [2.45, 2.75) is 57.3 Å². The van der Waals surface area contributed by atoms with Crippen molar-refractivity contribution in [1.82, 2.24) is 15.5 Å². The van der Waals surface area contributed by atoms with Crippen molar-refractivity contribution >= 4 is 12.0 Å². The van der Waals surface area contributed by atoms with Gasteiger partial charge in [-0.1, -0.05) is 49.4 Å². The summed E-state index contributed by atoms with van der Waals surface area (Å²) in [5.74, 6) is -1.57. The Kier molecular flexibility index (Phi) is 10.2. The first-order chi connectivity index (χ1) is 19.3. The van der Waals surface area contributed by atoms with Gasteiger partial charge in [-0.25, -0.2) is 13.6 Å². The summed E-state index contributed by atoms with van der Waals surface area (Å²) in [6.07, 6.45) is 0.239. The van der Waals surface area contributed by atoms with Gasteiger partial charge < -0.3 is 20.5 Å². The number of nitrogens with zero attached hydrogens (tertiary/aromatic N) is 1. The van der Waals surface area contributed by atoms with Crippen LogP contribution in [0.4, 0.5) is 13.6 Å². The Morgan fingerprint density at radius 2 is 1.73 bits per heavy atom. The number of carbonyl (C=O) groups excluding carboxylic acids is 2. The van der Waals surface area contributed by atoms with Crippen molar-refractivity contribution in [2.24, 2.45) is 0 Å². The standard InChI is InChI=1S/C31H35F2N3O4/c1-2-21-8-6-9-22(14-21)19-34-20-29(37)27(17-23-15-24(32)18-25(33)16-23)35-30(38)28-12-7-13-36(28)31(39)40-26-10-4-3-5-11-26/h3-6,8-11,14-16,18,27-29,34,37H,2,7,12-13,17,19-20H2,1H3,(H,35,38)/t27-,28-,29+/m0/s1. The number of hydrogen-bond donors (Lipinski definition) is 3. The molecule has 0 aliphatic carbocycles. The van der Waals surface area contributed by atoms with Gasteiger partial charge in [0.2, 0.25) is 5.91 Å². The monoisotopic (exact) mass is 551 g/mol. The summed E-state index contributed by atoms with van der Waals surface area (Å²) >= 11 is 0. The number of rotatable bonds is 11. The van der Waals surface area contributed by atoms with Crippen molar-refractivity contribution in [3.05, 3.63) is 101 Å². The van der Waals surface area contributed by atoms with Crippen LogP contribution in [0.15, 0.2) is 72.8 Å². The Morgan fingerprint density at radius 1 is 1.00 bits per heavy atom. The Bertz CT molecular complexity index is 1270. The number of halogens is 2. The number of aliphatic hydroxyl groups excluding tert-OH is 1. The summed E-state index contributed by atoms with van der Waals surface area (Å²) in [5, 5.41) is 17.1. The fourth-order valence-corrected chi connectivity index (χ4v) is 4.92. The van der Waals surface area contributed by atoms with Gasteiger partial charge >= 0.3 is 6.09 Å². The SMILES string of the molecule is CCc1cccc(CNC[C@@H](O)[C@H](Cc2cc(F)cc(F)c2)NC(=O)[C@@H]2CCCN2C(=O)Oc2ccccc2)c1. The molecule has 1 heterocycles. The topological polar surface area (TPSA) is 90.9 Å². The van der Waals surface area contributed by atoms with Gasteiger partial charge in [-0.05, 0) is 66.6 Å². The Hall–Kier alpha value is -3.82. The van der Waals surface area contributed by atoms with Gasteiger partial charge in [0, 0.05) is 25.7 Å². The molecule has 0 unspecified atom stereocenters. The number of nitrogens with one attached hydrogen (secondary N) is 2. The van der Waals surface area contributed by atoms with Gasteiger partial charge in [-0.2, -0.15) is 0 Å². The molecule has 0 aromatic heterocycles. The van der Waals surface area contributed by atoms with Crippen molar-refractivity contribution in [3.8, 4) is 5.75 Å². The fourth-order valence-electron chi connectivity index (χ4n) is 4.92. The van der Waals surface area contributed by atoms with Crippen LogP contribution in [0.1, 0.15) is 36.5 Å². The highest BCUT2D eigenvalue weighted by molar-refractivity contribution is 5.87. The van der Waals surface area contributed by atoms with E-state index in [1.54, 1.807) is 30.3 Å².